The summed E-state index contributed by atoms with van der Waals surface area (Å²) in [6.07, 6.45) is 0.237. The Hall–Kier alpha value is -1.47. The van der Waals surface area contributed by atoms with Crippen molar-refractivity contribution in [3.8, 4) is 0 Å². The Morgan fingerprint density at radius 2 is 2.28 bits per heavy atom. The van der Waals surface area contributed by atoms with Crippen LogP contribution in [0.3, 0.4) is 0 Å². The van der Waals surface area contributed by atoms with E-state index in [0.29, 0.717) is 23.1 Å². The molecule has 0 aliphatic rings. The van der Waals surface area contributed by atoms with Gasteiger partial charge >= 0.3 is 5.97 Å². The normalized spacial score (nSPS) is 10.1. The summed E-state index contributed by atoms with van der Waals surface area (Å²) in [6, 6.07) is 4.87. The number of nitro benzene ring substituents is 1. The van der Waals surface area contributed by atoms with E-state index >= 15 is 0 Å². The molecule has 0 saturated heterocycles. The van der Waals surface area contributed by atoms with Crippen LogP contribution >= 0.6 is 15.9 Å². The molecule has 1 aromatic rings. The van der Waals surface area contributed by atoms with E-state index in [9.17, 15) is 14.9 Å². The highest BCUT2D eigenvalue weighted by molar-refractivity contribution is 9.10. The Bertz CT molecular complexity index is 451. The Labute approximate surface area is 113 Å². The maximum absolute atomic E-state index is 10.9. The number of rotatable bonds is 6. The quantitative estimate of drug-likeness (QED) is 0.376. The topological polar surface area (TPSA) is 81.5 Å². The number of hydrogen-bond donors (Lipinski definition) is 1. The number of hydrogen-bond acceptors (Lipinski definition) is 5. The van der Waals surface area contributed by atoms with Crippen molar-refractivity contribution in [2.24, 2.45) is 0 Å². The van der Waals surface area contributed by atoms with E-state index in [1.54, 1.807) is 12.1 Å². The minimum Gasteiger partial charge on any atom is -0.469 e. The fourth-order valence-electron chi connectivity index (χ4n) is 1.37. The molecule has 1 aromatic carbocycles. The van der Waals surface area contributed by atoms with Gasteiger partial charge in [-0.15, -0.1) is 0 Å². The van der Waals surface area contributed by atoms with Gasteiger partial charge in [0.05, 0.1) is 18.5 Å². The number of halogens is 1. The van der Waals surface area contributed by atoms with Crippen molar-refractivity contribution < 1.29 is 14.5 Å². The number of carbonyl (C=O) groups excluding carboxylic acids is 1. The van der Waals surface area contributed by atoms with Crippen molar-refractivity contribution in [3.05, 3.63) is 38.3 Å². The number of ether oxygens (including phenoxy) is 1. The summed E-state index contributed by atoms with van der Waals surface area (Å²) in [5.41, 5.74) is 0.628. The molecule has 1 N–H and O–H groups in total. The second kappa shape index (κ2) is 7.07. The summed E-state index contributed by atoms with van der Waals surface area (Å²) in [7, 11) is 1.32. The van der Waals surface area contributed by atoms with Crippen molar-refractivity contribution in [2.75, 3.05) is 13.7 Å². The molecule has 0 unspecified atom stereocenters. The first kappa shape index (κ1) is 14.6. The van der Waals surface area contributed by atoms with Crippen molar-refractivity contribution >= 4 is 27.6 Å². The van der Waals surface area contributed by atoms with E-state index in [1.165, 1.54) is 13.2 Å². The van der Waals surface area contributed by atoms with Gasteiger partial charge in [0, 0.05) is 29.2 Å². The number of esters is 1. The molecule has 0 saturated carbocycles. The zero-order chi connectivity index (χ0) is 13.5. The van der Waals surface area contributed by atoms with Gasteiger partial charge in [0.2, 0.25) is 0 Å². The number of benzene rings is 1. The van der Waals surface area contributed by atoms with Crippen LogP contribution in [0.15, 0.2) is 22.7 Å². The number of nitrogens with zero attached hydrogens (tertiary/aromatic N) is 1. The Morgan fingerprint density at radius 3 is 2.89 bits per heavy atom. The fraction of sp³-hybridized carbons (Fsp3) is 0.364. The third-order valence-electron chi connectivity index (χ3n) is 2.29. The highest BCUT2D eigenvalue weighted by atomic mass is 79.9. The Morgan fingerprint density at radius 1 is 1.56 bits per heavy atom. The maximum atomic E-state index is 10.9. The SMILES string of the molecule is COC(=O)CCNCc1ccc(Br)cc1[N+](=O)[O-]. The standard InChI is InChI=1S/C11H13BrN2O4/c1-18-11(15)4-5-13-7-8-2-3-9(12)6-10(8)14(16)17/h2-3,6,13H,4-5,7H2,1H3. The largest absolute Gasteiger partial charge is 0.469 e. The van der Waals surface area contributed by atoms with Gasteiger partial charge < -0.3 is 10.1 Å². The van der Waals surface area contributed by atoms with Crippen LogP contribution < -0.4 is 5.32 Å². The lowest BCUT2D eigenvalue weighted by atomic mass is 10.2. The van der Waals surface area contributed by atoms with E-state index in [-0.39, 0.29) is 18.1 Å². The smallest absolute Gasteiger partial charge is 0.306 e. The lowest BCUT2D eigenvalue weighted by molar-refractivity contribution is -0.385. The molecule has 0 atom stereocenters. The Balaban J connectivity index is 2.56. The highest BCUT2D eigenvalue weighted by Crippen LogP contribution is 2.23. The number of methoxy groups -OCH3 is 1. The molecule has 0 aliphatic heterocycles. The van der Waals surface area contributed by atoms with Crippen molar-refractivity contribution in [1.82, 2.24) is 5.32 Å². The third-order valence-corrected chi connectivity index (χ3v) is 2.79. The van der Waals surface area contributed by atoms with Gasteiger partial charge in [-0.1, -0.05) is 15.9 Å². The molecule has 0 bridgehead atoms. The van der Waals surface area contributed by atoms with E-state index < -0.39 is 4.92 Å². The van der Waals surface area contributed by atoms with E-state index in [2.05, 4.69) is 26.0 Å². The van der Waals surface area contributed by atoms with Crippen LogP contribution in [-0.2, 0) is 16.1 Å². The Kier molecular flexibility index (Phi) is 5.73. The summed E-state index contributed by atoms with van der Waals surface area (Å²) >= 11 is 3.19. The number of carbonyl (C=O) groups is 1. The van der Waals surface area contributed by atoms with Gasteiger partial charge in [-0.2, -0.15) is 0 Å². The first-order valence-electron chi connectivity index (χ1n) is 5.25. The molecule has 1 rings (SSSR count). The van der Waals surface area contributed by atoms with Gasteiger partial charge in [0.25, 0.3) is 5.69 Å². The lowest BCUT2D eigenvalue weighted by Gasteiger charge is -2.05. The monoisotopic (exact) mass is 316 g/mol. The third kappa shape index (κ3) is 4.42. The molecular weight excluding hydrogens is 304 g/mol. The molecule has 0 amide bonds. The molecular formula is C11H13BrN2O4. The summed E-state index contributed by atoms with van der Waals surface area (Å²) < 4.78 is 5.15. The molecule has 0 heterocycles. The van der Waals surface area contributed by atoms with E-state index in [4.69, 9.17) is 0 Å². The minimum absolute atomic E-state index is 0.0509. The molecule has 98 valence electrons. The van der Waals surface area contributed by atoms with Crippen molar-refractivity contribution in [2.45, 2.75) is 13.0 Å². The van der Waals surface area contributed by atoms with Crippen LogP contribution in [0.2, 0.25) is 0 Å². The minimum atomic E-state index is -0.428. The van der Waals surface area contributed by atoms with Crippen LogP contribution in [0, 0.1) is 10.1 Å². The molecule has 6 nitrogen and oxygen atoms in total. The van der Waals surface area contributed by atoms with Gasteiger partial charge in [-0.25, -0.2) is 0 Å². The number of nitrogens with one attached hydrogen (secondary N) is 1. The lowest BCUT2D eigenvalue weighted by Crippen LogP contribution is -2.19. The van der Waals surface area contributed by atoms with E-state index in [1.807, 2.05) is 0 Å². The van der Waals surface area contributed by atoms with Gasteiger partial charge in [-0.05, 0) is 12.1 Å². The van der Waals surface area contributed by atoms with Gasteiger partial charge in [0.1, 0.15) is 0 Å². The van der Waals surface area contributed by atoms with Crippen LogP contribution in [0.1, 0.15) is 12.0 Å². The molecule has 0 aliphatic carbocycles. The second-order valence-corrected chi connectivity index (χ2v) is 4.45. The molecule has 0 radical (unpaired) electrons. The highest BCUT2D eigenvalue weighted by Gasteiger charge is 2.13. The molecule has 7 heteroatoms. The van der Waals surface area contributed by atoms with Gasteiger partial charge in [0.15, 0.2) is 0 Å². The first-order chi connectivity index (χ1) is 8.54. The summed E-state index contributed by atoms with van der Waals surface area (Å²) in [5, 5.41) is 13.8. The van der Waals surface area contributed by atoms with Crippen molar-refractivity contribution in [1.29, 1.82) is 0 Å². The zero-order valence-corrected chi connectivity index (χ0v) is 11.4. The molecule has 18 heavy (non-hydrogen) atoms. The molecule has 0 aromatic heterocycles. The fourth-order valence-corrected chi connectivity index (χ4v) is 1.72. The maximum Gasteiger partial charge on any atom is 0.306 e. The molecule has 0 spiro atoms. The van der Waals surface area contributed by atoms with Crippen LogP contribution in [-0.4, -0.2) is 24.5 Å². The summed E-state index contributed by atoms with van der Waals surface area (Å²) in [5.74, 6) is -0.312. The van der Waals surface area contributed by atoms with Crippen LogP contribution in [0.5, 0.6) is 0 Å². The zero-order valence-electron chi connectivity index (χ0n) is 9.81. The predicted molar refractivity (Wildman–Crippen MR) is 69.1 cm³/mol. The average molecular weight is 317 g/mol. The van der Waals surface area contributed by atoms with Gasteiger partial charge in [-0.3, -0.25) is 14.9 Å². The average Bonchev–Trinajstić information content (AvgIpc) is 2.35. The summed E-state index contributed by atoms with van der Waals surface area (Å²) in [4.78, 5) is 21.3. The first-order valence-corrected chi connectivity index (χ1v) is 6.04. The predicted octanol–water partition coefficient (Wildman–Crippen LogP) is 2.01. The second-order valence-electron chi connectivity index (χ2n) is 3.53. The summed E-state index contributed by atoms with van der Waals surface area (Å²) in [6.45, 7) is 0.750. The van der Waals surface area contributed by atoms with Crippen LogP contribution in [0.25, 0.3) is 0 Å². The van der Waals surface area contributed by atoms with Crippen LogP contribution in [0.4, 0.5) is 5.69 Å². The molecule has 0 fully saturated rings. The van der Waals surface area contributed by atoms with Crippen molar-refractivity contribution in [3.63, 3.8) is 0 Å². The van der Waals surface area contributed by atoms with E-state index in [0.717, 1.165) is 0 Å². The number of nitro groups is 1.